The van der Waals surface area contributed by atoms with Crippen molar-refractivity contribution in [2.75, 3.05) is 24.5 Å². The summed E-state index contributed by atoms with van der Waals surface area (Å²) in [6.45, 7) is 3.51. The molecule has 3 heteroatoms. The van der Waals surface area contributed by atoms with E-state index >= 15 is 0 Å². The average Bonchev–Trinajstić information content (AvgIpc) is 2.89. The molecule has 15 heavy (non-hydrogen) atoms. The Kier molecular flexibility index (Phi) is 2.33. The van der Waals surface area contributed by atoms with E-state index in [0.717, 1.165) is 6.54 Å². The summed E-state index contributed by atoms with van der Waals surface area (Å²) in [5.41, 5.74) is 2.81. The van der Waals surface area contributed by atoms with Crippen LogP contribution in [-0.2, 0) is 6.42 Å². The maximum absolute atomic E-state index is 4.22. The lowest BCUT2D eigenvalue weighted by atomic mass is 10.2. The summed E-state index contributed by atoms with van der Waals surface area (Å²) in [4.78, 5) is 6.70. The van der Waals surface area contributed by atoms with E-state index in [1.807, 2.05) is 12.4 Å². The maximum Gasteiger partial charge on any atom is 0.0586 e. The number of hydrogen-bond donors (Lipinski definition) is 1. The van der Waals surface area contributed by atoms with Crippen molar-refractivity contribution in [1.82, 2.24) is 10.3 Å². The molecular weight excluding hydrogens is 186 g/mol. The van der Waals surface area contributed by atoms with E-state index in [9.17, 15) is 0 Å². The summed E-state index contributed by atoms with van der Waals surface area (Å²) in [6.07, 6.45) is 7.75. The molecule has 3 heterocycles. The van der Waals surface area contributed by atoms with E-state index in [0.29, 0.717) is 6.04 Å². The Morgan fingerprint density at radius 3 is 3.40 bits per heavy atom. The van der Waals surface area contributed by atoms with Crippen LogP contribution in [0, 0.1) is 0 Å². The number of nitrogens with one attached hydrogen (secondary N) is 1. The Balaban J connectivity index is 1.73. The van der Waals surface area contributed by atoms with Crippen molar-refractivity contribution in [3.63, 3.8) is 0 Å². The molecule has 0 aromatic carbocycles. The highest BCUT2D eigenvalue weighted by atomic mass is 15.2. The number of anilines is 1. The highest BCUT2D eigenvalue weighted by molar-refractivity contribution is 5.56. The molecule has 0 bridgehead atoms. The van der Waals surface area contributed by atoms with Gasteiger partial charge in [0.15, 0.2) is 0 Å². The smallest absolute Gasteiger partial charge is 0.0586 e. The lowest BCUT2D eigenvalue weighted by Gasteiger charge is -2.23. The Morgan fingerprint density at radius 2 is 2.53 bits per heavy atom. The lowest BCUT2D eigenvalue weighted by molar-refractivity contribution is 0.589. The van der Waals surface area contributed by atoms with Gasteiger partial charge in [0.1, 0.15) is 0 Å². The highest BCUT2D eigenvalue weighted by Gasteiger charge is 2.23. The molecule has 1 atom stereocenters. The van der Waals surface area contributed by atoms with E-state index in [2.05, 4.69) is 21.3 Å². The Morgan fingerprint density at radius 1 is 1.53 bits per heavy atom. The number of pyridine rings is 1. The predicted octanol–water partition coefficient (Wildman–Crippen LogP) is 1.20. The first-order chi connectivity index (χ1) is 7.43. The van der Waals surface area contributed by atoms with Gasteiger partial charge in [-0.3, -0.25) is 4.98 Å². The van der Waals surface area contributed by atoms with Gasteiger partial charge in [-0.2, -0.15) is 0 Å². The highest BCUT2D eigenvalue weighted by Crippen LogP contribution is 2.27. The van der Waals surface area contributed by atoms with Crippen LogP contribution in [0.5, 0.6) is 0 Å². The third-order valence-electron chi connectivity index (χ3n) is 3.48. The standard InChI is InChI=1S/C12H17N3/c1-2-11(14-5-1)9-15-7-4-10-3-6-13-8-12(10)15/h3,6,8,11,14H,1-2,4-5,7,9H2. The largest absolute Gasteiger partial charge is 0.368 e. The van der Waals surface area contributed by atoms with Crippen LogP contribution in [0.3, 0.4) is 0 Å². The van der Waals surface area contributed by atoms with E-state index in [-0.39, 0.29) is 0 Å². The van der Waals surface area contributed by atoms with Crippen molar-refractivity contribution in [2.24, 2.45) is 0 Å². The molecule has 1 N–H and O–H groups in total. The van der Waals surface area contributed by atoms with Crippen LogP contribution in [0.2, 0.25) is 0 Å². The molecule has 0 amide bonds. The number of rotatable bonds is 2. The molecule has 2 aliphatic rings. The maximum atomic E-state index is 4.22. The summed E-state index contributed by atoms with van der Waals surface area (Å²) < 4.78 is 0. The SMILES string of the molecule is c1cc2c(cn1)N(CC1CCCN1)CC2. The molecule has 1 fully saturated rings. The summed E-state index contributed by atoms with van der Waals surface area (Å²) in [7, 11) is 0. The molecule has 1 saturated heterocycles. The van der Waals surface area contributed by atoms with Gasteiger partial charge >= 0.3 is 0 Å². The van der Waals surface area contributed by atoms with Crippen molar-refractivity contribution in [1.29, 1.82) is 0 Å². The summed E-state index contributed by atoms with van der Waals surface area (Å²) >= 11 is 0. The summed E-state index contributed by atoms with van der Waals surface area (Å²) in [5.74, 6) is 0. The Hall–Kier alpha value is -1.09. The molecule has 1 aromatic rings. The van der Waals surface area contributed by atoms with Gasteiger partial charge in [0.2, 0.25) is 0 Å². The van der Waals surface area contributed by atoms with Crippen molar-refractivity contribution >= 4 is 5.69 Å². The molecule has 0 spiro atoms. The minimum Gasteiger partial charge on any atom is -0.368 e. The quantitative estimate of drug-likeness (QED) is 0.782. The van der Waals surface area contributed by atoms with Gasteiger partial charge in [-0.15, -0.1) is 0 Å². The zero-order valence-electron chi connectivity index (χ0n) is 8.95. The van der Waals surface area contributed by atoms with Crippen molar-refractivity contribution < 1.29 is 0 Å². The molecule has 2 aliphatic heterocycles. The van der Waals surface area contributed by atoms with Gasteiger partial charge in [-0.25, -0.2) is 0 Å². The van der Waals surface area contributed by atoms with Crippen LogP contribution < -0.4 is 10.2 Å². The number of fused-ring (bicyclic) bond motifs is 1. The third-order valence-corrected chi connectivity index (χ3v) is 3.48. The zero-order chi connectivity index (χ0) is 10.1. The second kappa shape index (κ2) is 3.81. The van der Waals surface area contributed by atoms with Gasteiger partial charge < -0.3 is 10.2 Å². The minimum atomic E-state index is 0.691. The second-order valence-corrected chi connectivity index (χ2v) is 4.49. The van der Waals surface area contributed by atoms with Crippen molar-refractivity contribution in [3.8, 4) is 0 Å². The topological polar surface area (TPSA) is 28.2 Å². The molecule has 0 radical (unpaired) electrons. The van der Waals surface area contributed by atoms with E-state index in [4.69, 9.17) is 0 Å². The average molecular weight is 203 g/mol. The first kappa shape index (κ1) is 9.16. The Labute approximate surface area is 90.5 Å². The Bertz CT molecular complexity index is 344. The van der Waals surface area contributed by atoms with E-state index in [1.54, 1.807) is 0 Å². The minimum absolute atomic E-state index is 0.691. The fraction of sp³-hybridized carbons (Fsp3) is 0.583. The second-order valence-electron chi connectivity index (χ2n) is 4.49. The van der Waals surface area contributed by atoms with Crippen LogP contribution in [-0.4, -0.2) is 30.7 Å². The van der Waals surface area contributed by atoms with Crippen molar-refractivity contribution in [2.45, 2.75) is 25.3 Å². The van der Waals surface area contributed by atoms with Crippen LogP contribution in [0.15, 0.2) is 18.5 Å². The van der Waals surface area contributed by atoms with Gasteiger partial charge in [0, 0.05) is 25.3 Å². The molecule has 1 aromatic heterocycles. The monoisotopic (exact) mass is 203 g/mol. The van der Waals surface area contributed by atoms with Crippen LogP contribution in [0.1, 0.15) is 18.4 Å². The normalized spacial score (nSPS) is 24.5. The van der Waals surface area contributed by atoms with E-state index in [1.165, 1.54) is 43.6 Å². The van der Waals surface area contributed by atoms with Gasteiger partial charge in [-0.1, -0.05) is 0 Å². The number of aromatic nitrogens is 1. The lowest BCUT2D eigenvalue weighted by Crippen LogP contribution is -2.36. The fourth-order valence-electron chi connectivity index (χ4n) is 2.66. The molecule has 1 unspecified atom stereocenters. The van der Waals surface area contributed by atoms with Gasteiger partial charge in [-0.05, 0) is 37.4 Å². The summed E-state index contributed by atoms with van der Waals surface area (Å²) in [5, 5.41) is 3.55. The fourth-order valence-corrected chi connectivity index (χ4v) is 2.66. The van der Waals surface area contributed by atoms with Gasteiger partial charge in [0.05, 0.1) is 11.9 Å². The van der Waals surface area contributed by atoms with E-state index < -0.39 is 0 Å². The van der Waals surface area contributed by atoms with Gasteiger partial charge in [0.25, 0.3) is 0 Å². The van der Waals surface area contributed by atoms with Crippen LogP contribution in [0.25, 0.3) is 0 Å². The first-order valence-corrected chi connectivity index (χ1v) is 5.85. The van der Waals surface area contributed by atoms with Crippen LogP contribution in [0.4, 0.5) is 5.69 Å². The molecule has 0 saturated carbocycles. The first-order valence-electron chi connectivity index (χ1n) is 5.85. The zero-order valence-corrected chi connectivity index (χ0v) is 8.95. The van der Waals surface area contributed by atoms with Crippen molar-refractivity contribution in [3.05, 3.63) is 24.0 Å². The van der Waals surface area contributed by atoms with Crippen LogP contribution >= 0.6 is 0 Å². The molecule has 80 valence electrons. The number of hydrogen-bond acceptors (Lipinski definition) is 3. The predicted molar refractivity (Wildman–Crippen MR) is 61.2 cm³/mol. The number of nitrogens with zero attached hydrogens (tertiary/aromatic N) is 2. The molecule has 0 aliphatic carbocycles. The third kappa shape index (κ3) is 1.72. The molecule has 3 rings (SSSR count). The molecule has 3 nitrogen and oxygen atoms in total. The molecular formula is C12H17N3. The summed E-state index contributed by atoms with van der Waals surface area (Å²) in [6, 6.07) is 2.84.